The lowest BCUT2D eigenvalue weighted by Crippen LogP contribution is -2.58. The first kappa shape index (κ1) is 20.3. The molecule has 1 amide bonds. The lowest BCUT2D eigenvalue weighted by molar-refractivity contribution is -0.122. The number of halogens is 1. The van der Waals surface area contributed by atoms with Crippen molar-refractivity contribution in [2.24, 2.45) is 0 Å². The molecule has 27 heavy (non-hydrogen) atoms. The van der Waals surface area contributed by atoms with E-state index in [4.69, 9.17) is 11.6 Å². The van der Waals surface area contributed by atoms with E-state index in [2.05, 4.69) is 10.2 Å². The number of carbonyl (C=O) groups is 2. The minimum absolute atomic E-state index is 0.00905. The highest BCUT2D eigenvalue weighted by Crippen LogP contribution is 2.35. The van der Waals surface area contributed by atoms with Gasteiger partial charge in [-0.15, -0.1) is 0 Å². The van der Waals surface area contributed by atoms with Crippen LogP contribution < -0.4 is 5.32 Å². The first-order valence-corrected chi connectivity index (χ1v) is 10.8. The fourth-order valence-corrected chi connectivity index (χ4v) is 4.67. The number of nitrogens with one attached hydrogen (secondary N) is 1. The van der Waals surface area contributed by atoms with Gasteiger partial charge in [0.2, 0.25) is 5.91 Å². The molecule has 1 heterocycles. The van der Waals surface area contributed by atoms with Crippen LogP contribution in [0.3, 0.4) is 0 Å². The van der Waals surface area contributed by atoms with Gasteiger partial charge in [-0.25, -0.2) is 0 Å². The van der Waals surface area contributed by atoms with Crippen molar-refractivity contribution >= 4 is 23.3 Å². The number of Topliss-reactive ketones (excluding diaryl/α,β-unsaturated/α-hetero) is 1. The zero-order valence-electron chi connectivity index (χ0n) is 16.1. The van der Waals surface area contributed by atoms with E-state index in [0.29, 0.717) is 10.6 Å². The number of carbonyl (C=O) groups excluding carboxylic acids is 2. The zero-order valence-corrected chi connectivity index (χ0v) is 16.9. The van der Waals surface area contributed by atoms with Crippen LogP contribution in [-0.4, -0.2) is 41.8 Å². The molecule has 148 valence electrons. The van der Waals surface area contributed by atoms with E-state index in [9.17, 15) is 9.59 Å². The fraction of sp³-hybridized carbons (Fsp3) is 0.636. The number of piperidine rings is 1. The predicted octanol–water partition coefficient (Wildman–Crippen LogP) is 4.61. The summed E-state index contributed by atoms with van der Waals surface area (Å²) in [5.74, 6) is -0.0236. The second kappa shape index (κ2) is 9.70. The van der Waals surface area contributed by atoms with Crippen LogP contribution in [0.2, 0.25) is 5.02 Å². The van der Waals surface area contributed by atoms with Crippen molar-refractivity contribution in [1.29, 1.82) is 0 Å². The Balaban J connectivity index is 1.50. The second-order valence-corrected chi connectivity index (χ2v) is 8.48. The first-order valence-electron chi connectivity index (χ1n) is 10.4. The Kier molecular flexibility index (Phi) is 7.31. The highest BCUT2D eigenvalue weighted by atomic mass is 35.5. The molecule has 0 unspecified atom stereocenters. The topological polar surface area (TPSA) is 49.4 Å². The Morgan fingerprint density at radius 3 is 2.22 bits per heavy atom. The maximum absolute atomic E-state index is 12.4. The molecule has 1 N–H and O–H groups in total. The summed E-state index contributed by atoms with van der Waals surface area (Å²) in [6.45, 7) is 3.04. The molecule has 1 aliphatic carbocycles. The number of rotatable bonds is 7. The van der Waals surface area contributed by atoms with E-state index in [1.54, 1.807) is 24.3 Å². The molecule has 3 rings (SSSR count). The molecule has 1 aromatic carbocycles. The van der Waals surface area contributed by atoms with E-state index in [0.717, 1.165) is 19.6 Å². The van der Waals surface area contributed by atoms with Crippen molar-refractivity contribution in [3.63, 3.8) is 0 Å². The van der Waals surface area contributed by atoms with Gasteiger partial charge < -0.3 is 5.32 Å². The van der Waals surface area contributed by atoms with Crippen molar-refractivity contribution in [2.45, 2.75) is 69.7 Å². The summed E-state index contributed by atoms with van der Waals surface area (Å²) in [4.78, 5) is 27.3. The summed E-state index contributed by atoms with van der Waals surface area (Å²) in [5, 5.41) is 3.76. The van der Waals surface area contributed by atoms with Crippen LogP contribution in [0.5, 0.6) is 0 Å². The van der Waals surface area contributed by atoms with E-state index in [1.165, 1.54) is 51.4 Å². The molecule has 2 aliphatic rings. The maximum atomic E-state index is 12.4. The Hall–Kier alpha value is -1.39. The van der Waals surface area contributed by atoms with Gasteiger partial charge in [0, 0.05) is 35.5 Å². The molecule has 1 aliphatic heterocycles. The lowest BCUT2D eigenvalue weighted by atomic mass is 9.79. The highest BCUT2D eigenvalue weighted by molar-refractivity contribution is 6.30. The normalized spacial score (nSPS) is 20.2. The van der Waals surface area contributed by atoms with Gasteiger partial charge in [0.05, 0.1) is 0 Å². The summed E-state index contributed by atoms with van der Waals surface area (Å²) in [7, 11) is 0. The summed E-state index contributed by atoms with van der Waals surface area (Å²) in [6.07, 6.45) is 10.5. The molecule has 1 aromatic rings. The fourth-order valence-electron chi connectivity index (χ4n) is 4.54. The van der Waals surface area contributed by atoms with Gasteiger partial charge in [-0.05, 0) is 63.0 Å². The average molecular weight is 391 g/mol. The van der Waals surface area contributed by atoms with Gasteiger partial charge in [0.15, 0.2) is 5.78 Å². The van der Waals surface area contributed by atoms with Crippen molar-refractivity contribution in [1.82, 2.24) is 10.2 Å². The molecule has 2 fully saturated rings. The van der Waals surface area contributed by atoms with Gasteiger partial charge in [0.25, 0.3) is 0 Å². The number of likely N-dealkylation sites (tertiary alicyclic amines) is 1. The first-order chi connectivity index (χ1) is 13.1. The number of nitrogens with zero attached hydrogens (tertiary/aromatic N) is 1. The van der Waals surface area contributed by atoms with Crippen molar-refractivity contribution in [2.75, 3.05) is 19.6 Å². The predicted molar refractivity (Wildman–Crippen MR) is 109 cm³/mol. The Morgan fingerprint density at radius 2 is 1.56 bits per heavy atom. The molecule has 0 bridgehead atoms. The van der Waals surface area contributed by atoms with Gasteiger partial charge >= 0.3 is 0 Å². The summed E-state index contributed by atoms with van der Waals surface area (Å²) in [6, 6.07) is 6.85. The highest BCUT2D eigenvalue weighted by Gasteiger charge is 2.38. The minimum Gasteiger partial charge on any atom is -0.354 e. The SMILES string of the molecule is O=C(CCC(=O)c1ccc(Cl)cc1)NCC1(N2CCCCC2)CCCCC1. The Labute approximate surface area is 167 Å². The largest absolute Gasteiger partial charge is 0.354 e. The third-order valence-corrected chi connectivity index (χ3v) is 6.42. The number of benzene rings is 1. The van der Waals surface area contributed by atoms with Crippen LogP contribution in [0.1, 0.15) is 74.6 Å². The van der Waals surface area contributed by atoms with E-state index >= 15 is 0 Å². The summed E-state index contributed by atoms with van der Waals surface area (Å²) in [5.41, 5.74) is 0.749. The molecule has 0 aromatic heterocycles. The summed E-state index contributed by atoms with van der Waals surface area (Å²) < 4.78 is 0. The molecule has 1 saturated heterocycles. The molecular formula is C22H31ClN2O2. The average Bonchev–Trinajstić information content (AvgIpc) is 2.72. The molecule has 0 atom stereocenters. The lowest BCUT2D eigenvalue weighted by Gasteiger charge is -2.48. The molecule has 4 nitrogen and oxygen atoms in total. The minimum atomic E-state index is -0.0146. The number of amides is 1. The molecule has 0 radical (unpaired) electrons. The zero-order chi connectivity index (χ0) is 19.1. The van der Waals surface area contributed by atoms with Crippen LogP contribution in [0.4, 0.5) is 0 Å². The third kappa shape index (κ3) is 5.55. The summed E-state index contributed by atoms with van der Waals surface area (Å²) >= 11 is 5.86. The third-order valence-electron chi connectivity index (χ3n) is 6.17. The van der Waals surface area contributed by atoms with Gasteiger partial charge in [-0.1, -0.05) is 37.3 Å². The molecule has 0 spiro atoms. The van der Waals surface area contributed by atoms with Crippen LogP contribution in [0, 0.1) is 0 Å². The van der Waals surface area contributed by atoms with Crippen molar-refractivity contribution in [3.8, 4) is 0 Å². The molecule has 5 heteroatoms. The van der Waals surface area contributed by atoms with Crippen LogP contribution in [0.15, 0.2) is 24.3 Å². The smallest absolute Gasteiger partial charge is 0.220 e. The van der Waals surface area contributed by atoms with Gasteiger partial charge in [-0.3, -0.25) is 14.5 Å². The van der Waals surface area contributed by atoms with Crippen LogP contribution in [0.25, 0.3) is 0 Å². The van der Waals surface area contributed by atoms with E-state index in [-0.39, 0.29) is 30.1 Å². The van der Waals surface area contributed by atoms with Crippen LogP contribution in [-0.2, 0) is 4.79 Å². The van der Waals surface area contributed by atoms with E-state index in [1.807, 2.05) is 0 Å². The Bertz CT molecular complexity index is 632. The monoisotopic (exact) mass is 390 g/mol. The van der Waals surface area contributed by atoms with E-state index < -0.39 is 0 Å². The molecule has 1 saturated carbocycles. The number of ketones is 1. The standard InChI is InChI=1S/C22H31ClN2O2/c23-19-9-7-18(8-10-19)20(26)11-12-21(27)24-17-22(13-3-1-4-14-22)25-15-5-2-6-16-25/h7-10H,1-6,11-17H2,(H,24,27). The maximum Gasteiger partial charge on any atom is 0.220 e. The number of hydrogen-bond donors (Lipinski definition) is 1. The second-order valence-electron chi connectivity index (χ2n) is 8.04. The quantitative estimate of drug-likeness (QED) is 0.691. The van der Waals surface area contributed by atoms with Gasteiger partial charge in [0.1, 0.15) is 0 Å². The Morgan fingerprint density at radius 1 is 0.926 bits per heavy atom. The molecular weight excluding hydrogens is 360 g/mol. The van der Waals surface area contributed by atoms with Gasteiger partial charge in [-0.2, -0.15) is 0 Å². The number of hydrogen-bond acceptors (Lipinski definition) is 3. The van der Waals surface area contributed by atoms with Crippen molar-refractivity contribution < 1.29 is 9.59 Å². The van der Waals surface area contributed by atoms with Crippen LogP contribution >= 0.6 is 11.6 Å². The van der Waals surface area contributed by atoms with Crippen molar-refractivity contribution in [3.05, 3.63) is 34.9 Å².